The minimum absolute atomic E-state index is 0.00494. The molecule has 0 bridgehead atoms. The summed E-state index contributed by atoms with van der Waals surface area (Å²) in [7, 11) is -4.07. The van der Waals surface area contributed by atoms with E-state index in [1.165, 1.54) is 29.2 Å². The Morgan fingerprint density at radius 2 is 1.61 bits per heavy atom. The van der Waals surface area contributed by atoms with Crippen molar-refractivity contribution in [2.45, 2.75) is 4.90 Å². The fraction of sp³-hybridized carbons (Fsp3) is 0.0909. The molecule has 3 aromatic carbocycles. The molecule has 1 heterocycles. The van der Waals surface area contributed by atoms with E-state index < -0.39 is 22.5 Å². The largest absolute Gasteiger partial charge is 0.323 e. The van der Waals surface area contributed by atoms with Crippen LogP contribution in [0.4, 0.5) is 17.1 Å². The van der Waals surface area contributed by atoms with Crippen LogP contribution in [0.15, 0.2) is 83.8 Å². The van der Waals surface area contributed by atoms with Crippen molar-refractivity contribution < 1.29 is 18.0 Å². The fourth-order valence-electron chi connectivity index (χ4n) is 3.31. The number of amides is 2. The van der Waals surface area contributed by atoms with E-state index in [1.807, 2.05) is 0 Å². The number of hydrogen-bond acceptors (Lipinski definition) is 4. The molecule has 0 fully saturated rings. The number of nitrogens with zero attached hydrogens (tertiary/aromatic N) is 2. The maximum Gasteiger partial charge on any atom is 0.264 e. The van der Waals surface area contributed by atoms with Crippen molar-refractivity contribution in [2.24, 2.45) is 0 Å². The number of fused-ring (bicyclic) bond motifs is 1. The summed E-state index contributed by atoms with van der Waals surface area (Å²) in [6, 6.07) is 21.0. The molecule has 0 unspecified atom stereocenters. The average Bonchev–Trinajstić information content (AvgIpc) is 2.77. The van der Waals surface area contributed by atoms with E-state index in [0.29, 0.717) is 22.1 Å². The van der Waals surface area contributed by atoms with Gasteiger partial charge in [0, 0.05) is 5.02 Å². The molecule has 7 nitrogen and oxygen atoms in total. The van der Waals surface area contributed by atoms with Crippen molar-refractivity contribution in [1.82, 2.24) is 0 Å². The van der Waals surface area contributed by atoms with Crippen molar-refractivity contribution in [1.29, 1.82) is 0 Å². The highest BCUT2D eigenvalue weighted by molar-refractivity contribution is 7.92. The van der Waals surface area contributed by atoms with Gasteiger partial charge in [0.2, 0.25) is 11.8 Å². The van der Waals surface area contributed by atoms with Gasteiger partial charge in [0.15, 0.2) is 0 Å². The first-order valence-corrected chi connectivity index (χ1v) is 11.2. The maximum atomic E-state index is 13.4. The Bertz CT molecular complexity index is 1230. The highest BCUT2D eigenvalue weighted by Gasteiger charge is 2.32. The van der Waals surface area contributed by atoms with Crippen LogP contribution in [0.3, 0.4) is 0 Å². The fourth-order valence-corrected chi connectivity index (χ4v) is 4.85. The Morgan fingerprint density at radius 1 is 0.968 bits per heavy atom. The van der Waals surface area contributed by atoms with Crippen molar-refractivity contribution in [3.8, 4) is 0 Å². The van der Waals surface area contributed by atoms with E-state index in [-0.39, 0.29) is 17.3 Å². The second-order valence-corrected chi connectivity index (χ2v) is 9.15. The summed E-state index contributed by atoms with van der Waals surface area (Å²) in [4.78, 5) is 26.6. The van der Waals surface area contributed by atoms with E-state index in [1.54, 1.807) is 54.6 Å². The molecule has 31 heavy (non-hydrogen) atoms. The third kappa shape index (κ3) is 4.26. The van der Waals surface area contributed by atoms with Gasteiger partial charge in [-0.3, -0.25) is 18.8 Å². The zero-order valence-electron chi connectivity index (χ0n) is 16.2. The van der Waals surface area contributed by atoms with Gasteiger partial charge in [0.25, 0.3) is 10.0 Å². The molecule has 9 heteroatoms. The van der Waals surface area contributed by atoms with E-state index in [2.05, 4.69) is 5.32 Å². The predicted octanol–water partition coefficient (Wildman–Crippen LogP) is 3.52. The first-order valence-electron chi connectivity index (χ1n) is 9.39. The van der Waals surface area contributed by atoms with Crippen LogP contribution < -0.4 is 14.5 Å². The Balaban J connectivity index is 1.72. The zero-order chi connectivity index (χ0) is 22.0. The van der Waals surface area contributed by atoms with Crippen LogP contribution >= 0.6 is 11.6 Å². The molecule has 3 aromatic rings. The number of para-hydroxylation sites is 3. The molecule has 0 saturated carbocycles. The second-order valence-electron chi connectivity index (χ2n) is 6.85. The Hall–Kier alpha value is -3.36. The molecular formula is C22H18ClN3O4S. The van der Waals surface area contributed by atoms with Gasteiger partial charge in [-0.2, -0.15) is 0 Å². The summed E-state index contributed by atoms with van der Waals surface area (Å²) in [5.41, 5.74) is 1.35. The summed E-state index contributed by atoms with van der Waals surface area (Å²) in [6.45, 7) is -0.671. The van der Waals surface area contributed by atoms with Gasteiger partial charge in [-0.15, -0.1) is 0 Å². The summed E-state index contributed by atoms with van der Waals surface area (Å²) < 4.78 is 27.8. The number of nitrogens with one attached hydrogen (secondary N) is 1. The van der Waals surface area contributed by atoms with Crippen LogP contribution in [0.2, 0.25) is 5.02 Å². The molecule has 4 rings (SSSR count). The number of sulfonamides is 1. The molecule has 0 spiro atoms. The SMILES string of the molecule is O=C1CN(C(=O)CN(c2ccccc2)S(=O)(=O)c2ccc(Cl)cc2)c2ccccc2N1. The van der Waals surface area contributed by atoms with Crippen LogP contribution in [-0.2, 0) is 19.6 Å². The monoisotopic (exact) mass is 455 g/mol. The molecular weight excluding hydrogens is 438 g/mol. The quantitative estimate of drug-likeness (QED) is 0.637. The molecule has 1 aliphatic rings. The van der Waals surface area contributed by atoms with Crippen LogP contribution in [0.1, 0.15) is 0 Å². The van der Waals surface area contributed by atoms with E-state index in [4.69, 9.17) is 11.6 Å². The Labute approximate surface area is 184 Å². The van der Waals surface area contributed by atoms with Crippen LogP contribution in [-0.4, -0.2) is 33.3 Å². The molecule has 0 aliphatic carbocycles. The van der Waals surface area contributed by atoms with Crippen molar-refractivity contribution >= 4 is 50.5 Å². The summed E-state index contributed by atoms with van der Waals surface area (Å²) in [5, 5.41) is 3.11. The predicted molar refractivity (Wildman–Crippen MR) is 120 cm³/mol. The van der Waals surface area contributed by atoms with Gasteiger partial charge in [-0.05, 0) is 48.5 Å². The summed E-state index contributed by atoms with van der Waals surface area (Å²) in [6.07, 6.45) is 0. The smallest absolute Gasteiger partial charge is 0.264 e. The van der Waals surface area contributed by atoms with Crippen molar-refractivity contribution in [2.75, 3.05) is 27.6 Å². The first-order chi connectivity index (χ1) is 14.9. The van der Waals surface area contributed by atoms with E-state index in [9.17, 15) is 18.0 Å². The molecule has 0 aromatic heterocycles. The highest BCUT2D eigenvalue weighted by Crippen LogP contribution is 2.30. The lowest BCUT2D eigenvalue weighted by molar-refractivity contribution is -0.121. The van der Waals surface area contributed by atoms with Gasteiger partial charge in [-0.1, -0.05) is 41.9 Å². The molecule has 0 radical (unpaired) electrons. The molecule has 0 atom stereocenters. The number of rotatable bonds is 5. The highest BCUT2D eigenvalue weighted by atomic mass is 35.5. The van der Waals surface area contributed by atoms with Gasteiger partial charge in [-0.25, -0.2) is 8.42 Å². The molecule has 2 amide bonds. The zero-order valence-corrected chi connectivity index (χ0v) is 17.8. The van der Waals surface area contributed by atoms with E-state index >= 15 is 0 Å². The van der Waals surface area contributed by atoms with Gasteiger partial charge >= 0.3 is 0 Å². The van der Waals surface area contributed by atoms with Crippen molar-refractivity contribution in [3.63, 3.8) is 0 Å². The first kappa shape index (κ1) is 20.9. The summed E-state index contributed by atoms with van der Waals surface area (Å²) in [5.74, 6) is -0.873. The van der Waals surface area contributed by atoms with E-state index in [0.717, 1.165) is 4.31 Å². The standard InChI is InChI=1S/C22H18ClN3O4S/c23-16-10-12-18(13-11-16)31(29,30)26(17-6-2-1-3-7-17)15-22(28)25-14-21(27)24-19-8-4-5-9-20(19)25/h1-13H,14-15H2,(H,24,27). The van der Waals surface area contributed by atoms with Gasteiger partial charge in [0.1, 0.15) is 13.1 Å². The van der Waals surface area contributed by atoms with Crippen LogP contribution in [0.25, 0.3) is 0 Å². The van der Waals surface area contributed by atoms with Gasteiger partial charge in [0.05, 0.1) is 22.0 Å². The number of benzene rings is 3. The number of halogens is 1. The lowest BCUT2D eigenvalue weighted by Crippen LogP contribution is -2.48. The van der Waals surface area contributed by atoms with Crippen LogP contribution in [0.5, 0.6) is 0 Å². The lowest BCUT2D eigenvalue weighted by atomic mass is 10.2. The lowest BCUT2D eigenvalue weighted by Gasteiger charge is -2.31. The second kappa shape index (κ2) is 8.41. The van der Waals surface area contributed by atoms with Crippen LogP contribution in [0, 0.1) is 0 Å². The van der Waals surface area contributed by atoms with Crippen molar-refractivity contribution in [3.05, 3.63) is 83.9 Å². The third-order valence-corrected chi connectivity index (χ3v) is 6.84. The Morgan fingerprint density at radius 3 is 2.32 bits per heavy atom. The number of carbonyl (C=O) groups is 2. The molecule has 1 N–H and O–H groups in total. The maximum absolute atomic E-state index is 13.4. The molecule has 158 valence electrons. The van der Waals surface area contributed by atoms with Gasteiger partial charge < -0.3 is 5.32 Å². The molecule has 1 aliphatic heterocycles. The average molecular weight is 456 g/mol. The number of anilines is 3. The summed E-state index contributed by atoms with van der Waals surface area (Å²) >= 11 is 5.90. The topological polar surface area (TPSA) is 86.8 Å². The third-order valence-electron chi connectivity index (χ3n) is 4.80. The molecule has 0 saturated heterocycles. The normalized spacial score (nSPS) is 13.3. The number of hydrogen-bond donors (Lipinski definition) is 1. The number of carbonyl (C=O) groups excluding carboxylic acids is 2. The minimum atomic E-state index is -4.07. The Kier molecular flexibility index (Phi) is 5.67. The minimum Gasteiger partial charge on any atom is -0.323 e.